The maximum atomic E-state index is 12.9. The summed E-state index contributed by atoms with van der Waals surface area (Å²) in [5.74, 6) is 0.680. The summed E-state index contributed by atoms with van der Waals surface area (Å²) < 4.78 is 12.9. The second kappa shape index (κ2) is 6.35. The summed E-state index contributed by atoms with van der Waals surface area (Å²) >= 11 is 0. The van der Waals surface area contributed by atoms with Crippen LogP contribution in [0.25, 0.3) is 17.1 Å². The highest BCUT2D eigenvalue weighted by Crippen LogP contribution is 2.16. The Balaban J connectivity index is 1.75. The Morgan fingerprint density at radius 3 is 2.68 bits per heavy atom. The number of halogens is 1. The molecule has 3 aromatic rings. The highest BCUT2D eigenvalue weighted by Gasteiger charge is 2.04. The van der Waals surface area contributed by atoms with E-state index in [9.17, 15) is 9.18 Å². The zero-order valence-corrected chi connectivity index (χ0v) is 11.9. The molecule has 0 aliphatic carbocycles. The van der Waals surface area contributed by atoms with E-state index in [2.05, 4.69) is 9.97 Å². The molecule has 0 bridgehead atoms. The van der Waals surface area contributed by atoms with Crippen molar-refractivity contribution in [2.24, 2.45) is 0 Å². The third-order valence-corrected chi connectivity index (χ3v) is 3.49. The molecule has 3 nitrogen and oxygen atoms in total. The van der Waals surface area contributed by atoms with Gasteiger partial charge in [-0.15, -0.1) is 0 Å². The Hall–Kier alpha value is -2.75. The lowest BCUT2D eigenvalue weighted by Gasteiger charge is -1.98. The number of carbonyl (C=O) groups excluding carboxylic acids is 1. The minimum atomic E-state index is -0.219. The number of fused-ring (bicyclic) bond motifs is 1. The van der Waals surface area contributed by atoms with E-state index in [0.29, 0.717) is 0 Å². The van der Waals surface area contributed by atoms with E-state index < -0.39 is 0 Å². The molecule has 0 radical (unpaired) electrons. The smallest absolute Gasteiger partial charge is 0.142 e. The molecule has 1 heterocycles. The third-order valence-electron chi connectivity index (χ3n) is 3.49. The number of imidazole rings is 1. The van der Waals surface area contributed by atoms with Crippen LogP contribution in [-0.4, -0.2) is 16.3 Å². The molecule has 1 aromatic heterocycles. The van der Waals surface area contributed by atoms with Crippen LogP contribution < -0.4 is 0 Å². The first-order valence-electron chi connectivity index (χ1n) is 7.09. The molecule has 0 amide bonds. The van der Waals surface area contributed by atoms with Crippen molar-refractivity contribution in [2.45, 2.75) is 12.8 Å². The number of aromatic nitrogens is 2. The zero-order chi connectivity index (χ0) is 15.4. The molecule has 0 saturated carbocycles. The fraction of sp³-hybridized carbons (Fsp3) is 0.111. The van der Waals surface area contributed by atoms with E-state index in [-0.39, 0.29) is 5.82 Å². The predicted octanol–water partition coefficient (Wildman–Crippen LogP) is 3.70. The standard InChI is InChI=1S/C18H15FN2O/c19-15-7-3-13(4-8-15)6-10-18-20-16-9-5-14(2-1-11-22)12-17(16)21-18/h1-5,7-9,11-12H,6,10H2,(H,20,21)/b2-1+. The van der Waals surface area contributed by atoms with Crippen LogP contribution in [-0.2, 0) is 17.6 Å². The van der Waals surface area contributed by atoms with Crippen molar-refractivity contribution in [2.75, 3.05) is 0 Å². The SMILES string of the molecule is O=C/C=C/c1ccc2nc(CCc3ccc(F)cc3)[nH]c2c1. The number of rotatable bonds is 5. The fourth-order valence-electron chi connectivity index (χ4n) is 2.37. The Kier molecular flexibility index (Phi) is 4.10. The summed E-state index contributed by atoms with van der Waals surface area (Å²) in [7, 11) is 0. The lowest BCUT2D eigenvalue weighted by atomic mass is 10.1. The number of aldehydes is 1. The Labute approximate surface area is 127 Å². The third kappa shape index (κ3) is 3.28. The number of carbonyl (C=O) groups is 1. The largest absolute Gasteiger partial charge is 0.342 e. The molecule has 2 aromatic carbocycles. The molecule has 0 aliphatic rings. The number of nitrogens with zero attached hydrogens (tertiary/aromatic N) is 1. The molecule has 110 valence electrons. The van der Waals surface area contributed by atoms with Gasteiger partial charge in [-0.05, 0) is 47.9 Å². The first kappa shape index (κ1) is 14.2. The number of aryl methyl sites for hydroxylation is 2. The van der Waals surface area contributed by atoms with Crippen LogP contribution in [0.4, 0.5) is 4.39 Å². The molecule has 1 N–H and O–H groups in total. The van der Waals surface area contributed by atoms with Crippen molar-refractivity contribution < 1.29 is 9.18 Å². The van der Waals surface area contributed by atoms with Gasteiger partial charge in [0.15, 0.2) is 0 Å². The maximum Gasteiger partial charge on any atom is 0.142 e. The number of benzene rings is 2. The van der Waals surface area contributed by atoms with Gasteiger partial charge in [0.2, 0.25) is 0 Å². The van der Waals surface area contributed by atoms with Crippen molar-refractivity contribution in [1.82, 2.24) is 9.97 Å². The highest BCUT2D eigenvalue weighted by molar-refractivity contribution is 5.80. The van der Waals surface area contributed by atoms with Gasteiger partial charge in [-0.2, -0.15) is 0 Å². The van der Waals surface area contributed by atoms with Gasteiger partial charge >= 0.3 is 0 Å². The topological polar surface area (TPSA) is 45.8 Å². The molecule has 3 rings (SSSR count). The Morgan fingerprint density at radius 1 is 1.09 bits per heavy atom. The minimum absolute atomic E-state index is 0.219. The van der Waals surface area contributed by atoms with Gasteiger partial charge in [0.1, 0.15) is 17.9 Å². The first-order chi connectivity index (χ1) is 10.7. The van der Waals surface area contributed by atoms with Gasteiger partial charge in [0.05, 0.1) is 11.0 Å². The number of H-pyrrole nitrogens is 1. The van der Waals surface area contributed by atoms with Gasteiger partial charge in [-0.25, -0.2) is 9.37 Å². The van der Waals surface area contributed by atoms with E-state index in [4.69, 9.17) is 0 Å². The van der Waals surface area contributed by atoms with Crippen LogP contribution in [0, 0.1) is 5.82 Å². The molecule has 0 fully saturated rings. The quantitative estimate of drug-likeness (QED) is 0.576. The van der Waals surface area contributed by atoms with Crippen molar-refractivity contribution >= 4 is 23.4 Å². The first-order valence-corrected chi connectivity index (χ1v) is 7.09. The van der Waals surface area contributed by atoms with E-state index in [0.717, 1.165) is 47.1 Å². The number of allylic oxidation sites excluding steroid dienone is 1. The van der Waals surface area contributed by atoms with E-state index in [1.807, 2.05) is 18.2 Å². The van der Waals surface area contributed by atoms with E-state index in [1.54, 1.807) is 18.2 Å². The highest BCUT2D eigenvalue weighted by atomic mass is 19.1. The predicted molar refractivity (Wildman–Crippen MR) is 85.0 cm³/mol. The van der Waals surface area contributed by atoms with Crippen LogP contribution in [0.1, 0.15) is 17.0 Å². The van der Waals surface area contributed by atoms with Crippen LogP contribution >= 0.6 is 0 Å². The average Bonchev–Trinajstić information content (AvgIpc) is 2.94. The number of nitrogens with one attached hydrogen (secondary N) is 1. The molecular weight excluding hydrogens is 279 g/mol. The van der Waals surface area contributed by atoms with Gasteiger partial charge in [0, 0.05) is 6.42 Å². The molecule has 0 saturated heterocycles. The second-order valence-electron chi connectivity index (χ2n) is 5.08. The van der Waals surface area contributed by atoms with Crippen molar-refractivity contribution in [3.05, 3.63) is 71.3 Å². The van der Waals surface area contributed by atoms with Gasteiger partial charge in [-0.3, -0.25) is 4.79 Å². The fourth-order valence-corrected chi connectivity index (χ4v) is 2.37. The van der Waals surface area contributed by atoms with Crippen molar-refractivity contribution in [3.8, 4) is 0 Å². The summed E-state index contributed by atoms with van der Waals surface area (Å²) in [4.78, 5) is 18.2. The summed E-state index contributed by atoms with van der Waals surface area (Å²) in [6, 6.07) is 12.3. The molecule has 4 heteroatoms. The molecule has 0 spiro atoms. The maximum absolute atomic E-state index is 12.9. The van der Waals surface area contributed by atoms with E-state index in [1.165, 1.54) is 18.2 Å². The lowest BCUT2D eigenvalue weighted by Crippen LogP contribution is -1.93. The summed E-state index contributed by atoms with van der Waals surface area (Å²) in [6.45, 7) is 0. The molecule has 0 unspecified atom stereocenters. The van der Waals surface area contributed by atoms with Crippen LogP contribution in [0.3, 0.4) is 0 Å². The number of hydrogen-bond acceptors (Lipinski definition) is 2. The van der Waals surface area contributed by atoms with Gasteiger partial charge < -0.3 is 4.98 Å². The zero-order valence-electron chi connectivity index (χ0n) is 11.9. The normalized spacial score (nSPS) is 11.3. The Morgan fingerprint density at radius 2 is 1.91 bits per heavy atom. The van der Waals surface area contributed by atoms with Crippen molar-refractivity contribution in [3.63, 3.8) is 0 Å². The van der Waals surface area contributed by atoms with Gasteiger partial charge in [-0.1, -0.05) is 24.3 Å². The number of aromatic amines is 1. The van der Waals surface area contributed by atoms with Crippen LogP contribution in [0.2, 0.25) is 0 Å². The van der Waals surface area contributed by atoms with Gasteiger partial charge in [0.25, 0.3) is 0 Å². The molecule has 0 aliphatic heterocycles. The lowest BCUT2D eigenvalue weighted by molar-refractivity contribution is -0.104. The summed E-state index contributed by atoms with van der Waals surface area (Å²) in [6.07, 6.45) is 5.54. The Bertz CT molecular complexity index is 819. The monoisotopic (exact) mass is 294 g/mol. The van der Waals surface area contributed by atoms with E-state index >= 15 is 0 Å². The summed E-state index contributed by atoms with van der Waals surface area (Å²) in [5.41, 5.74) is 3.88. The van der Waals surface area contributed by atoms with Crippen LogP contribution in [0.5, 0.6) is 0 Å². The molecule has 0 atom stereocenters. The van der Waals surface area contributed by atoms with Crippen LogP contribution in [0.15, 0.2) is 48.5 Å². The number of hydrogen-bond donors (Lipinski definition) is 1. The average molecular weight is 294 g/mol. The molecular formula is C18H15FN2O. The second-order valence-corrected chi connectivity index (χ2v) is 5.08. The van der Waals surface area contributed by atoms with Crippen molar-refractivity contribution in [1.29, 1.82) is 0 Å². The summed E-state index contributed by atoms with van der Waals surface area (Å²) in [5, 5.41) is 0. The minimum Gasteiger partial charge on any atom is -0.342 e. The molecule has 22 heavy (non-hydrogen) atoms.